The summed E-state index contributed by atoms with van der Waals surface area (Å²) in [5.74, 6) is 7.63. The normalized spacial score (nSPS) is 11.8. The Hall–Kier alpha value is -0.540. The second-order valence-corrected chi connectivity index (χ2v) is 26.9. The highest BCUT2D eigenvalue weighted by Crippen LogP contribution is 2.17. The molecule has 0 bridgehead atoms. The number of unbranched alkanes of at least 4 members (excludes halogenated alkanes) is 12. The van der Waals surface area contributed by atoms with E-state index in [1.165, 1.54) is 263 Å². The summed E-state index contributed by atoms with van der Waals surface area (Å²) in [4.78, 5) is 0. The molecule has 3 heteroatoms. The van der Waals surface area contributed by atoms with Crippen LogP contribution in [-0.2, 0) is 14.2 Å². The fraction of sp³-hybridized carbons (Fsp3) is 0.976. The van der Waals surface area contributed by atoms with Gasteiger partial charge in [-0.3, -0.25) is 0 Å². The van der Waals surface area contributed by atoms with Crippen molar-refractivity contribution in [3.8, 4) is 0 Å². The Morgan fingerprint density at radius 1 is 0.227 bits per heavy atom. The summed E-state index contributed by atoms with van der Waals surface area (Å²) in [6, 6.07) is 0. The van der Waals surface area contributed by atoms with Crippen molar-refractivity contribution < 1.29 is 14.2 Å². The molecule has 6 unspecified atom stereocenters. The van der Waals surface area contributed by atoms with Crippen molar-refractivity contribution in [1.29, 1.82) is 0 Å². The number of allylic oxidation sites excluding steroid dienone is 1. The highest BCUT2D eigenvalue weighted by Gasteiger charge is 2.02. The minimum absolute atomic E-state index is 0.898. The Kier molecular flexibility index (Phi) is 175. The van der Waals surface area contributed by atoms with E-state index in [1.807, 2.05) is 13.0 Å². The molecule has 0 radical (unpaired) electrons. The maximum absolute atomic E-state index is 4.51. The van der Waals surface area contributed by atoms with Crippen LogP contribution in [0.4, 0.5) is 0 Å². The van der Waals surface area contributed by atoms with Gasteiger partial charge >= 0.3 is 0 Å². The molecule has 0 spiro atoms. The molecule has 0 aliphatic rings. The van der Waals surface area contributed by atoms with Gasteiger partial charge in [0, 0.05) is 28.4 Å². The minimum Gasteiger partial charge on any atom is -0.505 e. The van der Waals surface area contributed by atoms with Crippen molar-refractivity contribution in [2.75, 3.05) is 35.5 Å². The molecule has 0 N–H and O–H groups in total. The quantitative estimate of drug-likeness (QED) is 0.0452. The van der Waals surface area contributed by atoms with Crippen molar-refractivity contribution in [3.05, 3.63) is 12.3 Å². The van der Waals surface area contributed by atoms with E-state index < -0.39 is 0 Å². The molecule has 0 aliphatic heterocycles. The lowest BCUT2D eigenvalue weighted by atomic mass is 9.98. The van der Waals surface area contributed by atoms with Crippen LogP contribution in [0, 0.1) is 47.3 Å². The van der Waals surface area contributed by atoms with Gasteiger partial charge in [0.2, 0.25) is 0 Å². The van der Waals surface area contributed by atoms with Crippen LogP contribution in [-0.4, -0.2) is 35.5 Å². The third-order valence-electron chi connectivity index (χ3n) is 15.2. The van der Waals surface area contributed by atoms with E-state index in [1.54, 1.807) is 41.8 Å². The molecule has 0 aromatic carbocycles. The summed E-state index contributed by atoms with van der Waals surface area (Å²) in [6.07, 6.45) is 60.5. The molecule has 0 heterocycles. The van der Waals surface area contributed by atoms with E-state index in [9.17, 15) is 0 Å². The largest absolute Gasteiger partial charge is 0.505 e. The van der Waals surface area contributed by atoms with Crippen LogP contribution in [0.2, 0.25) is 0 Å². The van der Waals surface area contributed by atoms with E-state index in [-0.39, 0.29) is 0 Å². The van der Waals surface area contributed by atoms with E-state index in [2.05, 4.69) is 208 Å². The van der Waals surface area contributed by atoms with Gasteiger partial charge in [-0.2, -0.15) is 0 Å². The molecule has 3 nitrogen and oxygen atoms in total. The maximum atomic E-state index is 4.51. The third kappa shape index (κ3) is 198. The smallest absolute Gasteiger partial charge is 0.0781 e. The van der Waals surface area contributed by atoms with Gasteiger partial charge in [0.15, 0.2) is 0 Å². The zero-order chi connectivity index (χ0) is 71.1. The van der Waals surface area contributed by atoms with Crippen LogP contribution < -0.4 is 0 Å². The van der Waals surface area contributed by atoms with Crippen LogP contribution >= 0.6 is 0 Å². The molecular weight excluding hydrogens is 1070 g/mol. The molecular formula is C85H194O3. The molecule has 88 heavy (non-hydrogen) atoms. The van der Waals surface area contributed by atoms with Crippen molar-refractivity contribution in [2.45, 2.75) is 464 Å². The third-order valence-corrected chi connectivity index (χ3v) is 15.2. The second-order valence-electron chi connectivity index (χ2n) is 26.9. The van der Waals surface area contributed by atoms with Gasteiger partial charge in [-0.05, 0) is 54.3 Å². The molecule has 0 aromatic heterocycles. The monoisotopic (exact) mass is 1260 g/mol. The van der Waals surface area contributed by atoms with Crippen molar-refractivity contribution in [1.82, 2.24) is 0 Å². The lowest BCUT2D eigenvalue weighted by Gasteiger charge is -2.08. The van der Waals surface area contributed by atoms with Gasteiger partial charge in [-0.15, -0.1) is 0 Å². The summed E-state index contributed by atoms with van der Waals surface area (Å²) in [5, 5.41) is 0. The van der Waals surface area contributed by atoms with E-state index in [4.69, 9.17) is 0 Å². The van der Waals surface area contributed by atoms with Crippen LogP contribution in [0.1, 0.15) is 464 Å². The zero-order valence-corrected chi connectivity index (χ0v) is 70.0. The number of hydrogen-bond donors (Lipinski definition) is 0. The summed E-state index contributed by atoms with van der Waals surface area (Å²) >= 11 is 0. The van der Waals surface area contributed by atoms with Gasteiger partial charge in [0.05, 0.1) is 13.4 Å². The van der Waals surface area contributed by atoms with Crippen molar-refractivity contribution in [3.63, 3.8) is 0 Å². The number of rotatable bonds is 40. The van der Waals surface area contributed by atoms with Gasteiger partial charge in [0.1, 0.15) is 0 Å². The Bertz CT molecular complexity index is 904. The van der Waals surface area contributed by atoms with Crippen molar-refractivity contribution >= 4 is 0 Å². The van der Waals surface area contributed by atoms with Crippen LogP contribution in [0.3, 0.4) is 0 Å². The van der Waals surface area contributed by atoms with Crippen LogP contribution in [0.5, 0.6) is 0 Å². The van der Waals surface area contributed by atoms with Crippen LogP contribution in [0.15, 0.2) is 12.3 Å². The Morgan fingerprint density at radius 2 is 0.420 bits per heavy atom. The summed E-state index contributed by atoms with van der Waals surface area (Å²) in [7, 11) is 8.12. The van der Waals surface area contributed by atoms with Gasteiger partial charge < -0.3 is 14.2 Å². The van der Waals surface area contributed by atoms with Gasteiger partial charge in [-0.1, -0.05) is 463 Å². The Labute approximate surface area is 570 Å². The zero-order valence-electron chi connectivity index (χ0n) is 70.0. The standard InChI is InChI=1S/C11H24.2C10H22.2C9H20.C8H18.C7H16.C6H14.C4H8O.C4H10.C3H8.2C2H6O/c1-4-6-7-8-10-11(3)9-5-2;1-4-6-7-8-9-10(3)5-2;1-4-6-7-9-10(3)8-5-2;1-4-6-7-8-9(3)5-2;1-4-6-8-9(3)7-5-2;1-4-6-8(3)7-5-2;1-4-6-7(3)5-2;1-4-5-6(2)3;1-3-4-5-2;1-3-4-2;3*1-3-2/h11H,4-10H2,1-3H3;2*10H,4-9H2,1-3H3;2*9H,4-8H2,1-3H3;8H,4-7H2,1-3H3;7H,4-6H2,1-3H3;6H,4-5H2,1-3H3;3-4H,1-2H3;3-4H2,1-2H3;3H2,1-2H3;2*1-2H3/b;;;;;;;;4-3+;;;;. The van der Waals surface area contributed by atoms with E-state index in [0.29, 0.717) is 0 Å². The molecule has 6 atom stereocenters. The fourth-order valence-corrected chi connectivity index (χ4v) is 8.74. The number of hydrogen-bond acceptors (Lipinski definition) is 3. The molecule has 0 rings (SSSR count). The van der Waals surface area contributed by atoms with Crippen LogP contribution in [0.25, 0.3) is 0 Å². The highest BCUT2D eigenvalue weighted by molar-refractivity contribution is 4.63. The molecule has 0 saturated carbocycles. The predicted octanol–water partition coefficient (Wildman–Crippen LogP) is 33.0. The molecule has 0 aliphatic carbocycles. The molecule has 0 fully saturated rings. The van der Waals surface area contributed by atoms with Crippen molar-refractivity contribution in [2.24, 2.45) is 47.3 Å². The molecule has 0 saturated heterocycles. The van der Waals surface area contributed by atoms with Gasteiger partial charge in [-0.25, -0.2) is 0 Å². The SMILES string of the molecule is C/C=C/OC.CCC.CCCC.CCCC(C)C.CCCC(C)CC.CCCC(C)CCC.CCCCC(C)CCC.CCCCCC(C)CC.CCCCCC(C)CCC.CCCCCCC(C)CC.CCCCCCC(C)CCC.COC.COC. The first-order valence-corrected chi connectivity index (χ1v) is 39.9. The summed E-state index contributed by atoms with van der Waals surface area (Å²) in [6.45, 7) is 65.4. The second kappa shape index (κ2) is 131. The van der Waals surface area contributed by atoms with E-state index >= 15 is 0 Å². The average Bonchev–Trinajstić information content (AvgIpc) is 3.49. The average molecular weight is 1260 g/mol. The number of methoxy groups -OCH3 is 3. The van der Waals surface area contributed by atoms with E-state index in [0.717, 1.165) is 47.3 Å². The highest BCUT2D eigenvalue weighted by atomic mass is 16.5. The Morgan fingerprint density at radius 3 is 0.580 bits per heavy atom. The topological polar surface area (TPSA) is 27.7 Å². The minimum atomic E-state index is 0.898. The first-order valence-electron chi connectivity index (χ1n) is 39.9. The maximum Gasteiger partial charge on any atom is 0.0781 e. The summed E-state index contributed by atoms with van der Waals surface area (Å²) < 4.78 is 13.0. The molecule has 0 aromatic rings. The Balaban J connectivity index is -0.0000000641. The molecule has 0 amide bonds. The first kappa shape index (κ1) is 118. The van der Waals surface area contributed by atoms with Gasteiger partial charge in [0.25, 0.3) is 0 Å². The lowest BCUT2D eigenvalue weighted by Crippen LogP contribution is -1.93. The lowest BCUT2D eigenvalue weighted by molar-refractivity contribution is 0.277. The fourth-order valence-electron chi connectivity index (χ4n) is 8.74. The molecule has 552 valence electrons. The first-order chi connectivity index (χ1) is 42.0. The predicted molar refractivity (Wildman–Crippen MR) is 424 cm³/mol. The summed E-state index contributed by atoms with van der Waals surface area (Å²) in [5.41, 5.74) is 0. The number of ether oxygens (including phenoxy) is 3.